The molecule has 0 saturated heterocycles. The van der Waals surface area contributed by atoms with Crippen LogP contribution in [0.5, 0.6) is 0 Å². The number of nitrogens with zero attached hydrogens (tertiary/aromatic N) is 1. The minimum Gasteiger partial charge on any atom is -0.351 e. The second-order valence-electron chi connectivity index (χ2n) is 6.65. The first-order chi connectivity index (χ1) is 13.5. The number of carbonyl (C=O) groups is 1. The van der Waals surface area contributed by atoms with Crippen LogP contribution in [-0.2, 0) is 6.54 Å². The van der Waals surface area contributed by atoms with Crippen molar-refractivity contribution in [3.05, 3.63) is 82.7 Å². The lowest BCUT2D eigenvalue weighted by molar-refractivity contribution is 0.0956. The number of thiophene rings is 1. The van der Waals surface area contributed by atoms with Gasteiger partial charge in [-0.25, -0.2) is 8.78 Å². The number of halogens is 2. The minimum absolute atomic E-state index is 0.168. The van der Waals surface area contributed by atoms with Crippen molar-refractivity contribution in [1.82, 2.24) is 10.2 Å². The summed E-state index contributed by atoms with van der Waals surface area (Å²) in [6.45, 7) is 2.31. The van der Waals surface area contributed by atoms with Crippen molar-refractivity contribution in [1.29, 1.82) is 0 Å². The van der Waals surface area contributed by atoms with Gasteiger partial charge in [0.05, 0.1) is 4.88 Å². The third-order valence-corrected chi connectivity index (χ3v) is 5.41. The van der Waals surface area contributed by atoms with Crippen LogP contribution in [0.1, 0.15) is 21.7 Å². The molecule has 2 aromatic carbocycles. The summed E-state index contributed by atoms with van der Waals surface area (Å²) in [6, 6.07) is 17.0. The van der Waals surface area contributed by atoms with E-state index in [9.17, 15) is 13.6 Å². The molecule has 3 nitrogen and oxygen atoms in total. The van der Waals surface area contributed by atoms with Gasteiger partial charge < -0.3 is 10.2 Å². The number of benzene rings is 2. The normalized spacial score (nSPS) is 11.0. The molecular formula is C22H22F2N2OS. The van der Waals surface area contributed by atoms with E-state index in [0.717, 1.165) is 25.6 Å². The van der Waals surface area contributed by atoms with E-state index in [0.29, 0.717) is 21.9 Å². The highest BCUT2D eigenvalue weighted by Crippen LogP contribution is 2.29. The molecule has 0 aliphatic heterocycles. The van der Waals surface area contributed by atoms with Crippen LogP contribution in [0.3, 0.4) is 0 Å². The first kappa shape index (κ1) is 20.2. The van der Waals surface area contributed by atoms with E-state index in [-0.39, 0.29) is 5.91 Å². The number of nitrogens with one attached hydrogen (secondary N) is 1. The van der Waals surface area contributed by atoms with Crippen molar-refractivity contribution in [3.63, 3.8) is 0 Å². The van der Waals surface area contributed by atoms with Crippen LogP contribution in [0.2, 0.25) is 0 Å². The van der Waals surface area contributed by atoms with Gasteiger partial charge in [0.25, 0.3) is 5.91 Å². The average Bonchev–Trinajstić information content (AvgIpc) is 3.15. The predicted molar refractivity (Wildman–Crippen MR) is 109 cm³/mol. The highest BCUT2D eigenvalue weighted by molar-refractivity contribution is 7.17. The molecule has 28 heavy (non-hydrogen) atoms. The molecule has 0 unspecified atom stereocenters. The zero-order valence-corrected chi connectivity index (χ0v) is 16.4. The summed E-state index contributed by atoms with van der Waals surface area (Å²) in [5.41, 5.74) is 1.69. The summed E-state index contributed by atoms with van der Waals surface area (Å²) in [7, 11) is 2.05. The number of hydrogen-bond acceptors (Lipinski definition) is 3. The zero-order chi connectivity index (χ0) is 19.9. The van der Waals surface area contributed by atoms with E-state index in [4.69, 9.17) is 0 Å². The van der Waals surface area contributed by atoms with E-state index >= 15 is 0 Å². The molecule has 0 spiro atoms. The van der Waals surface area contributed by atoms with E-state index in [1.165, 1.54) is 29.0 Å². The number of rotatable bonds is 8. The Bertz CT molecular complexity index is 907. The average molecular weight is 400 g/mol. The van der Waals surface area contributed by atoms with Crippen molar-refractivity contribution in [2.75, 3.05) is 20.1 Å². The quantitative estimate of drug-likeness (QED) is 0.543. The van der Waals surface area contributed by atoms with Crippen LogP contribution < -0.4 is 5.32 Å². The van der Waals surface area contributed by atoms with Gasteiger partial charge in [0.15, 0.2) is 0 Å². The summed E-state index contributed by atoms with van der Waals surface area (Å²) >= 11 is 1.22. The van der Waals surface area contributed by atoms with Gasteiger partial charge in [-0.3, -0.25) is 4.79 Å². The topological polar surface area (TPSA) is 32.3 Å². The molecule has 0 aliphatic rings. The molecule has 1 aromatic heterocycles. The van der Waals surface area contributed by atoms with Crippen LogP contribution in [0.4, 0.5) is 8.78 Å². The van der Waals surface area contributed by atoms with Gasteiger partial charge in [-0.1, -0.05) is 30.3 Å². The molecular weight excluding hydrogens is 378 g/mol. The van der Waals surface area contributed by atoms with E-state index in [1.54, 1.807) is 12.1 Å². The molecule has 3 rings (SSSR count). The second kappa shape index (κ2) is 9.57. The molecule has 3 aromatic rings. The van der Waals surface area contributed by atoms with E-state index in [1.807, 2.05) is 18.2 Å². The van der Waals surface area contributed by atoms with Gasteiger partial charge in [0.2, 0.25) is 0 Å². The number of amides is 1. The van der Waals surface area contributed by atoms with Gasteiger partial charge in [0.1, 0.15) is 11.6 Å². The van der Waals surface area contributed by atoms with Crippen molar-refractivity contribution >= 4 is 17.2 Å². The number of carbonyl (C=O) groups excluding carboxylic acids is 1. The number of hydrogen-bond donors (Lipinski definition) is 1. The third kappa shape index (κ3) is 5.71. The van der Waals surface area contributed by atoms with Crippen LogP contribution in [-0.4, -0.2) is 30.9 Å². The van der Waals surface area contributed by atoms with Crippen LogP contribution >= 0.6 is 11.3 Å². The second-order valence-corrected chi connectivity index (χ2v) is 7.74. The highest BCUT2D eigenvalue weighted by Gasteiger charge is 2.11. The molecule has 0 aliphatic carbocycles. The lowest BCUT2D eigenvalue weighted by atomic mass is 10.2. The highest BCUT2D eigenvalue weighted by atomic mass is 32.1. The standard InChI is InChI=1S/C22H22F2N2OS/c1-26(15-16-6-3-2-4-7-16)11-5-10-25-22(27)21-9-8-20(28-21)17-12-18(23)14-19(24)13-17/h2-4,6-9,12-14H,5,10-11,15H2,1H3,(H,25,27). The smallest absolute Gasteiger partial charge is 0.261 e. The fourth-order valence-electron chi connectivity index (χ4n) is 2.92. The maximum absolute atomic E-state index is 13.4. The van der Waals surface area contributed by atoms with Crippen molar-refractivity contribution in [3.8, 4) is 10.4 Å². The molecule has 1 heterocycles. The Morgan fingerprint density at radius 2 is 1.75 bits per heavy atom. The Morgan fingerprint density at radius 1 is 1.04 bits per heavy atom. The summed E-state index contributed by atoms with van der Waals surface area (Å²) in [6.07, 6.45) is 0.836. The predicted octanol–water partition coefficient (Wildman–Crippen LogP) is 4.95. The van der Waals surface area contributed by atoms with Crippen LogP contribution in [0.15, 0.2) is 60.7 Å². The molecule has 1 N–H and O–H groups in total. The van der Waals surface area contributed by atoms with Gasteiger partial charge in [-0.2, -0.15) is 0 Å². The molecule has 0 fully saturated rings. The Kier molecular flexibility index (Phi) is 6.90. The summed E-state index contributed by atoms with van der Waals surface area (Å²) < 4.78 is 26.7. The van der Waals surface area contributed by atoms with Crippen molar-refractivity contribution < 1.29 is 13.6 Å². The van der Waals surface area contributed by atoms with Gasteiger partial charge >= 0.3 is 0 Å². The Hall–Kier alpha value is -2.57. The van der Waals surface area contributed by atoms with Gasteiger partial charge in [-0.05, 0) is 55.4 Å². The maximum Gasteiger partial charge on any atom is 0.261 e. The zero-order valence-electron chi connectivity index (χ0n) is 15.6. The lowest BCUT2D eigenvalue weighted by Gasteiger charge is -2.16. The Morgan fingerprint density at radius 3 is 2.46 bits per heavy atom. The molecule has 0 saturated carbocycles. The minimum atomic E-state index is -0.631. The largest absolute Gasteiger partial charge is 0.351 e. The molecule has 146 valence electrons. The van der Waals surface area contributed by atoms with E-state index in [2.05, 4.69) is 29.4 Å². The van der Waals surface area contributed by atoms with Crippen LogP contribution in [0, 0.1) is 11.6 Å². The molecule has 1 amide bonds. The summed E-state index contributed by atoms with van der Waals surface area (Å²) in [4.78, 5) is 15.7. The third-order valence-electron chi connectivity index (χ3n) is 4.27. The summed E-state index contributed by atoms with van der Waals surface area (Å²) in [5, 5.41) is 2.90. The SMILES string of the molecule is CN(CCCNC(=O)c1ccc(-c2cc(F)cc(F)c2)s1)Cc1ccccc1. The first-order valence-electron chi connectivity index (χ1n) is 9.08. The van der Waals surface area contributed by atoms with Gasteiger partial charge in [-0.15, -0.1) is 11.3 Å². The molecule has 0 atom stereocenters. The van der Waals surface area contributed by atoms with Crippen molar-refractivity contribution in [2.24, 2.45) is 0 Å². The first-order valence-corrected chi connectivity index (χ1v) is 9.90. The Balaban J connectivity index is 1.46. The van der Waals surface area contributed by atoms with E-state index < -0.39 is 11.6 Å². The molecule has 0 bridgehead atoms. The summed E-state index contributed by atoms with van der Waals surface area (Å²) in [5.74, 6) is -1.43. The van der Waals surface area contributed by atoms with Crippen LogP contribution in [0.25, 0.3) is 10.4 Å². The lowest BCUT2D eigenvalue weighted by Crippen LogP contribution is -2.27. The maximum atomic E-state index is 13.4. The fourth-order valence-corrected chi connectivity index (χ4v) is 3.83. The Labute approximate surface area is 167 Å². The van der Waals surface area contributed by atoms with Crippen molar-refractivity contribution in [2.45, 2.75) is 13.0 Å². The fraction of sp³-hybridized carbons (Fsp3) is 0.227. The molecule has 0 radical (unpaired) electrons. The van der Waals surface area contributed by atoms with Gasteiger partial charge in [0, 0.05) is 24.0 Å². The monoisotopic (exact) mass is 400 g/mol. The molecule has 6 heteroatoms.